The van der Waals surface area contributed by atoms with E-state index in [0.29, 0.717) is 11.0 Å². The van der Waals surface area contributed by atoms with E-state index in [1.165, 1.54) is 28.5 Å². The Bertz CT molecular complexity index is 753. The summed E-state index contributed by atoms with van der Waals surface area (Å²) in [5.41, 5.74) is 0. The molecule has 94 valence electrons. The smallest absolute Gasteiger partial charge is 0.307 e. The molecule has 0 aromatic carbocycles. The lowest BCUT2D eigenvalue weighted by molar-refractivity contribution is 1.03. The predicted molar refractivity (Wildman–Crippen MR) is 80.8 cm³/mol. The molecule has 4 heterocycles. The zero-order valence-corrected chi connectivity index (χ0v) is 12.7. The number of halogens is 1. The van der Waals surface area contributed by atoms with Crippen LogP contribution in [0.4, 0.5) is 11.6 Å². The molecule has 0 fully saturated rings. The summed E-state index contributed by atoms with van der Waals surface area (Å²) in [5.74, 6) is 2.42. The number of aromatic nitrogens is 3. The molecule has 2 aromatic heterocycles. The Kier molecular flexibility index (Phi) is 2.59. The molecule has 0 amide bonds. The van der Waals surface area contributed by atoms with Crippen LogP contribution in [0.2, 0.25) is 5.15 Å². The minimum Gasteiger partial charge on any atom is -0.307 e. The molecule has 2 aliphatic heterocycles. The van der Waals surface area contributed by atoms with Crippen LogP contribution >= 0.6 is 44.2 Å². The molecule has 0 unspecified atom stereocenters. The fourth-order valence-electron chi connectivity index (χ4n) is 1.84. The van der Waals surface area contributed by atoms with Gasteiger partial charge in [-0.05, 0) is 0 Å². The van der Waals surface area contributed by atoms with Gasteiger partial charge in [-0.1, -0.05) is 23.4 Å². The lowest BCUT2D eigenvalue weighted by atomic mass is 10.3. The summed E-state index contributed by atoms with van der Waals surface area (Å²) in [6.45, 7) is 0. The summed E-state index contributed by atoms with van der Waals surface area (Å²) in [6, 6.07) is 0. The minimum atomic E-state index is 0.385. The van der Waals surface area contributed by atoms with Crippen molar-refractivity contribution >= 4 is 67.8 Å². The zero-order valence-electron chi connectivity index (χ0n) is 9.49. The summed E-state index contributed by atoms with van der Waals surface area (Å²) in [7, 11) is 5.10. The number of hydrogen-bond donors (Lipinski definition) is 0. The topological polar surface area (TPSA) is 54.3 Å². The molecule has 0 saturated heterocycles. The molecule has 9 heteroatoms. The number of likely N-dealkylation sites (N-methyl/N-ethyl adjacent to an activating group) is 1. The van der Waals surface area contributed by atoms with Crippen molar-refractivity contribution in [2.24, 2.45) is 4.99 Å². The fourth-order valence-corrected chi connectivity index (χ4v) is 4.91. The quantitative estimate of drug-likeness (QED) is 0.547. The number of rotatable bonds is 0. The van der Waals surface area contributed by atoms with E-state index in [4.69, 9.17) is 11.6 Å². The van der Waals surface area contributed by atoms with E-state index in [9.17, 15) is 0 Å². The van der Waals surface area contributed by atoms with Crippen LogP contribution in [0.25, 0.3) is 6.08 Å². The fraction of sp³-hybridized carbons (Fsp3) is 0.100. The summed E-state index contributed by atoms with van der Waals surface area (Å²) in [5, 5.41) is 1.13. The van der Waals surface area contributed by atoms with E-state index in [2.05, 4.69) is 25.4 Å². The van der Waals surface area contributed by atoms with Gasteiger partial charge in [0.25, 0.3) is 15.4 Å². The monoisotopic (exact) mass is 326 g/mol. The van der Waals surface area contributed by atoms with Crippen LogP contribution < -0.4 is 4.90 Å². The average Bonchev–Trinajstić information content (AvgIpc) is 2.85. The highest BCUT2D eigenvalue weighted by Crippen LogP contribution is 2.44. The summed E-state index contributed by atoms with van der Waals surface area (Å²) < 4.78 is 4.39. The van der Waals surface area contributed by atoms with E-state index in [1.807, 2.05) is 11.9 Å². The molecule has 4 rings (SSSR count). The Morgan fingerprint density at radius 1 is 1.42 bits per heavy atom. The zero-order chi connectivity index (χ0) is 13.0. The number of fused-ring (bicyclic) bond motifs is 3. The standard InChI is InChI=1S/C10H5ClN5S3/c1-16-8-4(2-5-9(16)15-19-18-5)17-10-7(14-8)12-3-6(11)13-10/h2-3H,1H3/q+1. The third kappa shape index (κ3) is 1.78. The Morgan fingerprint density at radius 2 is 2.32 bits per heavy atom. The van der Waals surface area contributed by atoms with E-state index in [1.54, 1.807) is 10.3 Å². The van der Waals surface area contributed by atoms with Crippen LogP contribution in [0.1, 0.15) is 4.88 Å². The number of amidine groups is 1. The van der Waals surface area contributed by atoms with Gasteiger partial charge in [0.05, 0.1) is 11.1 Å². The maximum Gasteiger partial charge on any atom is 0.325 e. The predicted octanol–water partition coefficient (Wildman–Crippen LogP) is 3.56. The molecule has 0 radical (unpaired) electrons. The third-order valence-corrected chi connectivity index (χ3v) is 5.66. The van der Waals surface area contributed by atoms with Crippen molar-refractivity contribution in [1.29, 1.82) is 0 Å². The molecule has 0 N–H and O–H groups in total. The van der Waals surface area contributed by atoms with Crippen molar-refractivity contribution in [1.82, 2.24) is 14.3 Å². The van der Waals surface area contributed by atoms with Gasteiger partial charge >= 0.3 is 10.3 Å². The maximum atomic E-state index is 5.87. The average molecular weight is 327 g/mol. The van der Waals surface area contributed by atoms with Gasteiger partial charge in [-0.25, -0.2) is 15.0 Å². The van der Waals surface area contributed by atoms with Crippen LogP contribution in [-0.4, -0.2) is 27.2 Å². The molecule has 0 spiro atoms. The number of anilines is 1. The Hall–Kier alpha value is -1.09. The van der Waals surface area contributed by atoms with Gasteiger partial charge in [-0.15, -0.1) is 4.37 Å². The molecule has 0 saturated carbocycles. The second kappa shape index (κ2) is 4.20. The first kappa shape index (κ1) is 11.7. The molecule has 0 aliphatic carbocycles. The summed E-state index contributed by atoms with van der Waals surface area (Å²) in [6.07, 6.45) is 3.61. The van der Waals surface area contributed by atoms with Crippen molar-refractivity contribution < 1.29 is 0 Å². The minimum absolute atomic E-state index is 0.385. The first-order chi connectivity index (χ1) is 9.22. The van der Waals surface area contributed by atoms with Crippen LogP contribution in [-0.2, 0) is 0 Å². The van der Waals surface area contributed by atoms with E-state index in [0.717, 1.165) is 26.5 Å². The second-order valence-corrected chi connectivity index (χ2v) is 7.17. The van der Waals surface area contributed by atoms with Crippen molar-refractivity contribution in [2.45, 2.75) is 5.03 Å². The molecule has 19 heavy (non-hydrogen) atoms. The van der Waals surface area contributed by atoms with E-state index in [-0.39, 0.29) is 0 Å². The highest BCUT2D eigenvalue weighted by atomic mass is 35.5. The van der Waals surface area contributed by atoms with Gasteiger partial charge < -0.3 is 4.90 Å². The number of thioether (sulfide) groups is 1. The van der Waals surface area contributed by atoms with Gasteiger partial charge in [0.2, 0.25) is 5.82 Å². The summed E-state index contributed by atoms with van der Waals surface area (Å²) >= 11 is 7.41. The highest BCUT2D eigenvalue weighted by molar-refractivity contribution is 8.04. The van der Waals surface area contributed by atoms with Crippen molar-refractivity contribution in [3.05, 3.63) is 21.1 Å². The van der Waals surface area contributed by atoms with Gasteiger partial charge in [-0.2, -0.15) is 0 Å². The first-order valence-electron chi connectivity index (χ1n) is 5.26. The number of hydrogen-bond acceptors (Lipinski definition) is 7. The van der Waals surface area contributed by atoms with Gasteiger partial charge in [-0.3, -0.25) is 0 Å². The molecule has 2 aromatic rings. The van der Waals surface area contributed by atoms with Crippen LogP contribution in [0.3, 0.4) is 0 Å². The molecule has 0 bridgehead atoms. The van der Waals surface area contributed by atoms with Crippen LogP contribution in [0, 0.1) is 0 Å². The normalized spacial score (nSPS) is 16.2. The van der Waals surface area contributed by atoms with Crippen LogP contribution in [0.5, 0.6) is 0 Å². The van der Waals surface area contributed by atoms with Gasteiger partial charge in [0.15, 0.2) is 11.7 Å². The maximum absolute atomic E-state index is 5.87. The Labute approximate surface area is 125 Å². The third-order valence-electron chi connectivity index (χ3n) is 2.70. The number of aliphatic imine (C=N–C) groups is 1. The molecular formula is C10H5ClN5S3+. The molecule has 5 nitrogen and oxygen atoms in total. The van der Waals surface area contributed by atoms with Gasteiger partial charge in [0, 0.05) is 13.1 Å². The lowest BCUT2D eigenvalue weighted by Crippen LogP contribution is -2.31. The van der Waals surface area contributed by atoms with Crippen molar-refractivity contribution in [3.8, 4) is 0 Å². The number of nitrogens with zero attached hydrogens (tertiary/aromatic N) is 5. The largest absolute Gasteiger partial charge is 0.325 e. The molecule has 2 aliphatic rings. The van der Waals surface area contributed by atoms with Gasteiger partial charge in [0.1, 0.15) is 10.2 Å². The van der Waals surface area contributed by atoms with E-state index < -0.39 is 0 Å². The van der Waals surface area contributed by atoms with Crippen molar-refractivity contribution in [3.63, 3.8) is 0 Å². The molecular weight excluding hydrogens is 322 g/mol. The Balaban J connectivity index is 1.91. The van der Waals surface area contributed by atoms with Crippen molar-refractivity contribution in [2.75, 3.05) is 11.9 Å². The second-order valence-electron chi connectivity index (χ2n) is 3.86. The van der Waals surface area contributed by atoms with E-state index >= 15 is 0 Å². The molecule has 0 atom stereocenters. The summed E-state index contributed by atoms with van der Waals surface area (Å²) in [4.78, 5) is 17.2. The first-order valence-corrected chi connectivity index (χ1v) is 8.56. The Morgan fingerprint density at radius 3 is 3.21 bits per heavy atom. The SMILES string of the molecule is CN1C2=Nc3ncc(Cl)nc3SC2=Cc2[s+]snc21. The highest BCUT2D eigenvalue weighted by Gasteiger charge is 2.34. The lowest BCUT2D eigenvalue weighted by Gasteiger charge is -2.25. The van der Waals surface area contributed by atoms with Crippen LogP contribution in [0.15, 0.2) is 21.1 Å².